The van der Waals surface area contributed by atoms with Crippen LogP contribution in [0.25, 0.3) is 0 Å². The summed E-state index contributed by atoms with van der Waals surface area (Å²) in [4.78, 5) is 20.4. The van der Waals surface area contributed by atoms with Crippen molar-refractivity contribution < 1.29 is 13.7 Å². The number of esters is 1. The molecule has 0 amide bonds. The number of fused-ring (bicyclic) bond motifs is 1. The molecular formula is C14H12ClN3O3S. The number of halogens is 1. The largest absolute Gasteiger partial charge is 0.465 e. The van der Waals surface area contributed by atoms with Crippen LogP contribution in [0.1, 0.15) is 16.1 Å². The first-order valence-corrected chi connectivity index (χ1v) is 8.18. The molecule has 1 aliphatic heterocycles. The molecule has 0 bridgehead atoms. The molecule has 0 unspecified atom stereocenters. The fraction of sp³-hybridized carbons (Fsp3) is 0.214. The van der Waals surface area contributed by atoms with Crippen LogP contribution in [0.5, 0.6) is 0 Å². The molecule has 6 nitrogen and oxygen atoms in total. The number of nitrogens with zero attached hydrogens (tertiary/aromatic N) is 2. The number of carbonyl (C=O) groups excluding carboxylic acids is 1. The lowest BCUT2D eigenvalue weighted by Crippen LogP contribution is -2.04. The minimum atomic E-state index is -1.14. The van der Waals surface area contributed by atoms with Crippen LogP contribution in [-0.2, 0) is 22.0 Å². The molecule has 0 aliphatic carbocycles. The van der Waals surface area contributed by atoms with Gasteiger partial charge in [-0.25, -0.2) is 9.78 Å². The number of methoxy groups -OCH3 is 1. The normalized spacial score (nSPS) is 16.2. The van der Waals surface area contributed by atoms with Gasteiger partial charge in [0.2, 0.25) is 5.28 Å². The molecule has 1 N–H and O–H groups in total. The molecule has 8 heteroatoms. The molecule has 114 valence electrons. The lowest BCUT2D eigenvalue weighted by atomic mass is 10.2. The molecule has 2 aromatic rings. The molecule has 3 rings (SSSR count). The highest BCUT2D eigenvalue weighted by Gasteiger charge is 2.25. The quantitative estimate of drug-likeness (QED) is 0.684. The Balaban J connectivity index is 1.98. The third kappa shape index (κ3) is 2.82. The van der Waals surface area contributed by atoms with E-state index in [1.807, 2.05) is 0 Å². The first-order valence-electron chi connectivity index (χ1n) is 6.48. The molecule has 0 radical (unpaired) electrons. The maximum Gasteiger partial charge on any atom is 0.337 e. The van der Waals surface area contributed by atoms with Crippen LogP contribution in [0.15, 0.2) is 29.2 Å². The van der Waals surface area contributed by atoms with Gasteiger partial charge < -0.3 is 10.1 Å². The SMILES string of the molecule is COC(=O)c1cccc(Nc2nc(Cl)nc3c2[S@](=O)CC3)c1. The van der Waals surface area contributed by atoms with Gasteiger partial charge in [0.05, 0.1) is 29.2 Å². The van der Waals surface area contributed by atoms with Crippen molar-refractivity contribution in [1.29, 1.82) is 0 Å². The van der Waals surface area contributed by atoms with Crippen molar-refractivity contribution in [2.24, 2.45) is 0 Å². The van der Waals surface area contributed by atoms with Crippen molar-refractivity contribution >= 4 is 39.9 Å². The second-order valence-corrected chi connectivity index (χ2v) is 6.46. The van der Waals surface area contributed by atoms with Gasteiger partial charge in [0, 0.05) is 17.9 Å². The van der Waals surface area contributed by atoms with Crippen LogP contribution in [0, 0.1) is 0 Å². The van der Waals surface area contributed by atoms with E-state index in [1.54, 1.807) is 24.3 Å². The van der Waals surface area contributed by atoms with Gasteiger partial charge in [0.15, 0.2) is 5.82 Å². The predicted octanol–water partition coefficient (Wildman–Crippen LogP) is 2.32. The van der Waals surface area contributed by atoms with E-state index in [0.717, 1.165) is 0 Å². The van der Waals surface area contributed by atoms with Crippen molar-refractivity contribution in [2.75, 3.05) is 18.2 Å². The Hall–Kier alpha value is -1.99. The first-order chi connectivity index (χ1) is 10.6. The Bertz CT molecular complexity index is 782. The molecule has 2 heterocycles. The van der Waals surface area contributed by atoms with Crippen LogP contribution in [-0.4, -0.2) is 33.0 Å². The van der Waals surface area contributed by atoms with Gasteiger partial charge in [-0.15, -0.1) is 0 Å². The van der Waals surface area contributed by atoms with E-state index in [9.17, 15) is 9.00 Å². The smallest absolute Gasteiger partial charge is 0.337 e. The molecule has 0 fully saturated rings. The average molecular weight is 338 g/mol. The molecule has 1 aromatic carbocycles. The molecule has 0 spiro atoms. The summed E-state index contributed by atoms with van der Waals surface area (Å²) in [5.41, 5.74) is 1.74. The molecule has 1 aromatic heterocycles. The fourth-order valence-corrected chi connectivity index (χ4v) is 3.72. The maximum atomic E-state index is 12.1. The second kappa shape index (κ2) is 6.02. The van der Waals surface area contributed by atoms with E-state index in [0.29, 0.717) is 39.8 Å². The van der Waals surface area contributed by atoms with Crippen molar-refractivity contribution in [1.82, 2.24) is 9.97 Å². The van der Waals surface area contributed by atoms with Crippen molar-refractivity contribution in [3.63, 3.8) is 0 Å². The van der Waals surface area contributed by atoms with E-state index in [2.05, 4.69) is 20.0 Å². The van der Waals surface area contributed by atoms with E-state index < -0.39 is 16.8 Å². The van der Waals surface area contributed by atoms with E-state index >= 15 is 0 Å². The third-order valence-electron chi connectivity index (χ3n) is 3.21. The number of hydrogen-bond donors (Lipinski definition) is 1. The van der Waals surface area contributed by atoms with Gasteiger partial charge in [-0.1, -0.05) is 6.07 Å². The van der Waals surface area contributed by atoms with Crippen molar-refractivity contribution in [2.45, 2.75) is 11.3 Å². The second-order valence-electron chi connectivity index (χ2n) is 4.61. The highest BCUT2D eigenvalue weighted by molar-refractivity contribution is 7.85. The van der Waals surface area contributed by atoms with Crippen LogP contribution < -0.4 is 5.32 Å². The van der Waals surface area contributed by atoms with Gasteiger partial charge in [-0.05, 0) is 29.8 Å². The summed E-state index contributed by atoms with van der Waals surface area (Å²) in [6, 6.07) is 6.76. The Morgan fingerprint density at radius 2 is 2.23 bits per heavy atom. The zero-order valence-corrected chi connectivity index (χ0v) is 13.2. The predicted molar refractivity (Wildman–Crippen MR) is 83.1 cm³/mol. The Morgan fingerprint density at radius 1 is 1.41 bits per heavy atom. The number of nitrogens with one attached hydrogen (secondary N) is 1. The van der Waals surface area contributed by atoms with E-state index in [4.69, 9.17) is 11.6 Å². The topological polar surface area (TPSA) is 81.2 Å². The summed E-state index contributed by atoms with van der Waals surface area (Å²) in [7, 11) is 0.177. The highest BCUT2D eigenvalue weighted by atomic mass is 35.5. The van der Waals surface area contributed by atoms with Crippen LogP contribution in [0.3, 0.4) is 0 Å². The summed E-state index contributed by atoms with van der Waals surface area (Å²) >= 11 is 5.91. The number of ether oxygens (including phenoxy) is 1. The first kappa shape index (κ1) is 14.9. The molecule has 0 saturated carbocycles. The van der Waals surface area contributed by atoms with E-state index in [-0.39, 0.29) is 5.28 Å². The van der Waals surface area contributed by atoms with Crippen LogP contribution in [0.2, 0.25) is 5.28 Å². The zero-order chi connectivity index (χ0) is 15.7. The lowest BCUT2D eigenvalue weighted by Gasteiger charge is -2.10. The molecular weight excluding hydrogens is 326 g/mol. The Morgan fingerprint density at radius 3 is 3.00 bits per heavy atom. The summed E-state index contributed by atoms with van der Waals surface area (Å²) in [6.07, 6.45) is 0.612. The number of benzene rings is 1. The fourth-order valence-electron chi connectivity index (χ4n) is 2.23. The number of hydrogen-bond acceptors (Lipinski definition) is 6. The Kier molecular flexibility index (Phi) is 4.08. The molecule has 0 saturated heterocycles. The average Bonchev–Trinajstić information content (AvgIpc) is 2.88. The lowest BCUT2D eigenvalue weighted by molar-refractivity contribution is 0.0601. The molecule has 1 aliphatic rings. The molecule has 22 heavy (non-hydrogen) atoms. The maximum absolute atomic E-state index is 12.1. The van der Waals surface area contributed by atoms with Gasteiger partial charge in [-0.2, -0.15) is 4.98 Å². The van der Waals surface area contributed by atoms with Crippen molar-refractivity contribution in [3.8, 4) is 0 Å². The van der Waals surface area contributed by atoms with E-state index in [1.165, 1.54) is 7.11 Å². The van der Waals surface area contributed by atoms with Crippen LogP contribution >= 0.6 is 11.6 Å². The number of aryl methyl sites for hydroxylation is 1. The number of rotatable bonds is 3. The van der Waals surface area contributed by atoms with Gasteiger partial charge >= 0.3 is 5.97 Å². The minimum absolute atomic E-state index is 0.101. The zero-order valence-electron chi connectivity index (χ0n) is 11.6. The Labute approximate surface area is 134 Å². The number of aromatic nitrogens is 2. The van der Waals surface area contributed by atoms with Crippen LogP contribution in [0.4, 0.5) is 11.5 Å². The van der Waals surface area contributed by atoms with Crippen molar-refractivity contribution in [3.05, 3.63) is 40.8 Å². The minimum Gasteiger partial charge on any atom is -0.465 e. The van der Waals surface area contributed by atoms with Gasteiger partial charge in [0.1, 0.15) is 4.90 Å². The van der Waals surface area contributed by atoms with Gasteiger partial charge in [0.25, 0.3) is 0 Å². The molecule has 1 atom stereocenters. The third-order valence-corrected chi connectivity index (χ3v) is 4.84. The standard InChI is InChI=1S/C14H12ClN3O3S/c1-21-13(19)8-3-2-4-9(7-8)16-12-11-10(5-6-22(11)20)17-14(15)18-12/h2-4,7H,5-6H2,1H3,(H,16,17,18)/t22-/m1/s1. The highest BCUT2D eigenvalue weighted by Crippen LogP contribution is 2.30. The number of anilines is 2. The monoisotopic (exact) mass is 337 g/mol. The summed E-state index contributed by atoms with van der Waals surface area (Å²) < 4.78 is 16.8. The summed E-state index contributed by atoms with van der Waals surface area (Å²) in [6.45, 7) is 0. The number of carbonyl (C=O) groups is 1. The summed E-state index contributed by atoms with van der Waals surface area (Å²) in [5.74, 6) is 0.493. The summed E-state index contributed by atoms with van der Waals surface area (Å²) in [5, 5.41) is 3.16. The van der Waals surface area contributed by atoms with Gasteiger partial charge in [-0.3, -0.25) is 4.21 Å².